The zero-order chi connectivity index (χ0) is 35.6. The SMILES string of the molecule is c1ccc(N(c2ccccc2)c2cc3oc4cc5oc6cc(N(c7ccccc7)c7ccccc7)c7ccccc7c6c5cc4c3c3ccccc23)cc1. The first kappa shape index (κ1) is 30.3. The van der Waals surface area contributed by atoms with Gasteiger partial charge in [0.25, 0.3) is 0 Å². The quantitative estimate of drug-likeness (QED) is 0.174. The molecule has 0 spiro atoms. The third-order valence-corrected chi connectivity index (χ3v) is 10.6. The zero-order valence-electron chi connectivity index (χ0n) is 29.2. The van der Waals surface area contributed by atoms with Gasteiger partial charge in [-0.2, -0.15) is 0 Å². The summed E-state index contributed by atoms with van der Waals surface area (Å²) >= 11 is 0. The summed E-state index contributed by atoms with van der Waals surface area (Å²) in [6.45, 7) is 0. The number of rotatable bonds is 6. The van der Waals surface area contributed by atoms with Crippen molar-refractivity contribution < 1.29 is 8.83 Å². The van der Waals surface area contributed by atoms with E-state index in [1.165, 1.54) is 0 Å². The standard InChI is InChI=1S/C50H32N2O2/c1-5-17-33(18-6-1)51(34-19-7-2-8-20-34)43-30-47-49(39-27-15-13-25-37(39)43)41-29-42-46(32-45(41)53-47)54-48-31-44(38-26-14-16-28-40(38)50(42)48)52(35-21-9-3-10-22-35)36-23-11-4-12-24-36/h1-32H. The lowest BCUT2D eigenvalue weighted by Gasteiger charge is -2.27. The average Bonchev–Trinajstić information content (AvgIpc) is 3.79. The van der Waals surface area contributed by atoms with E-state index in [9.17, 15) is 0 Å². The zero-order valence-corrected chi connectivity index (χ0v) is 29.2. The fourth-order valence-corrected chi connectivity index (χ4v) is 8.27. The molecule has 54 heavy (non-hydrogen) atoms. The second-order valence-corrected chi connectivity index (χ2v) is 13.7. The molecule has 0 radical (unpaired) electrons. The van der Waals surface area contributed by atoms with Crippen molar-refractivity contribution in [3.8, 4) is 0 Å². The van der Waals surface area contributed by atoms with Gasteiger partial charge in [-0.05, 0) is 65.4 Å². The van der Waals surface area contributed by atoms with E-state index in [2.05, 4.69) is 204 Å². The molecule has 0 atom stereocenters. The van der Waals surface area contributed by atoms with Crippen LogP contribution in [0, 0.1) is 0 Å². The molecule has 11 rings (SSSR count). The van der Waals surface area contributed by atoms with Crippen molar-refractivity contribution in [1.29, 1.82) is 0 Å². The van der Waals surface area contributed by atoms with Gasteiger partial charge in [-0.15, -0.1) is 0 Å². The number of hydrogen-bond acceptors (Lipinski definition) is 4. The van der Waals surface area contributed by atoms with Crippen molar-refractivity contribution in [2.75, 3.05) is 9.80 Å². The summed E-state index contributed by atoms with van der Waals surface area (Å²) in [5, 5.41) is 8.91. The molecule has 0 aliphatic rings. The molecule has 2 aromatic heterocycles. The van der Waals surface area contributed by atoms with E-state index < -0.39 is 0 Å². The first-order valence-electron chi connectivity index (χ1n) is 18.3. The Hall–Kier alpha value is -7.30. The smallest absolute Gasteiger partial charge is 0.139 e. The van der Waals surface area contributed by atoms with Gasteiger partial charge in [-0.3, -0.25) is 0 Å². The number of benzene rings is 9. The fraction of sp³-hybridized carbons (Fsp3) is 0. The highest BCUT2D eigenvalue weighted by Crippen LogP contribution is 2.48. The molecule has 0 aliphatic carbocycles. The van der Waals surface area contributed by atoms with Gasteiger partial charge in [0.05, 0.1) is 11.4 Å². The van der Waals surface area contributed by atoms with Gasteiger partial charge in [0, 0.05) is 73.3 Å². The van der Waals surface area contributed by atoms with E-state index in [1.807, 2.05) is 0 Å². The van der Waals surface area contributed by atoms with Crippen LogP contribution >= 0.6 is 0 Å². The Bertz CT molecular complexity index is 2860. The molecule has 0 saturated heterocycles. The third-order valence-electron chi connectivity index (χ3n) is 10.6. The lowest BCUT2D eigenvalue weighted by atomic mass is 9.98. The number of fused-ring (bicyclic) bond motifs is 10. The Kier molecular flexibility index (Phi) is 6.82. The molecule has 0 amide bonds. The Morgan fingerprint density at radius 3 is 0.926 bits per heavy atom. The van der Waals surface area contributed by atoms with Crippen molar-refractivity contribution in [3.63, 3.8) is 0 Å². The first-order chi connectivity index (χ1) is 26.8. The van der Waals surface area contributed by atoms with Crippen LogP contribution in [0.5, 0.6) is 0 Å². The Labute approximate surface area is 311 Å². The van der Waals surface area contributed by atoms with E-state index in [1.54, 1.807) is 0 Å². The van der Waals surface area contributed by atoms with Crippen LogP contribution in [0.3, 0.4) is 0 Å². The second-order valence-electron chi connectivity index (χ2n) is 13.7. The van der Waals surface area contributed by atoms with E-state index in [-0.39, 0.29) is 0 Å². The van der Waals surface area contributed by atoms with Gasteiger partial charge in [0.2, 0.25) is 0 Å². The van der Waals surface area contributed by atoms with Crippen LogP contribution in [-0.4, -0.2) is 0 Å². The number of para-hydroxylation sites is 4. The van der Waals surface area contributed by atoms with E-state index in [0.717, 1.165) is 99.5 Å². The van der Waals surface area contributed by atoms with Gasteiger partial charge in [0.1, 0.15) is 22.3 Å². The molecule has 11 aromatic rings. The number of hydrogen-bond donors (Lipinski definition) is 0. The van der Waals surface area contributed by atoms with E-state index in [0.29, 0.717) is 0 Å². The van der Waals surface area contributed by atoms with Crippen LogP contribution in [0.1, 0.15) is 0 Å². The van der Waals surface area contributed by atoms with Gasteiger partial charge in [-0.1, -0.05) is 121 Å². The molecule has 254 valence electrons. The predicted molar refractivity (Wildman–Crippen MR) is 225 cm³/mol. The Balaban J connectivity index is 1.17. The summed E-state index contributed by atoms with van der Waals surface area (Å²) in [7, 11) is 0. The normalized spacial score (nSPS) is 11.7. The molecule has 9 aromatic carbocycles. The summed E-state index contributed by atoms with van der Waals surface area (Å²) in [6.07, 6.45) is 0. The molecule has 0 unspecified atom stereocenters. The van der Waals surface area contributed by atoms with Crippen molar-refractivity contribution in [2.45, 2.75) is 0 Å². The van der Waals surface area contributed by atoms with Gasteiger partial charge < -0.3 is 18.6 Å². The number of nitrogens with zero attached hydrogens (tertiary/aromatic N) is 2. The monoisotopic (exact) mass is 692 g/mol. The molecule has 4 nitrogen and oxygen atoms in total. The molecule has 0 saturated carbocycles. The summed E-state index contributed by atoms with van der Waals surface area (Å²) in [6, 6.07) is 68.2. The van der Waals surface area contributed by atoms with Crippen LogP contribution in [0.25, 0.3) is 65.4 Å². The second kappa shape index (κ2) is 12.1. The van der Waals surface area contributed by atoms with E-state index in [4.69, 9.17) is 8.83 Å². The minimum atomic E-state index is 0.796. The molecule has 0 fully saturated rings. The van der Waals surface area contributed by atoms with Crippen molar-refractivity contribution >= 4 is 99.5 Å². The van der Waals surface area contributed by atoms with Gasteiger partial charge in [-0.25, -0.2) is 0 Å². The third kappa shape index (κ3) is 4.70. The first-order valence-corrected chi connectivity index (χ1v) is 18.3. The van der Waals surface area contributed by atoms with Crippen molar-refractivity contribution in [2.24, 2.45) is 0 Å². The number of furan rings is 2. The predicted octanol–water partition coefficient (Wildman–Crippen LogP) is 14.7. The highest BCUT2D eigenvalue weighted by atomic mass is 16.3. The molecular weight excluding hydrogens is 661 g/mol. The lowest BCUT2D eigenvalue weighted by Crippen LogP contribution is -2.10. The van der Waals surface area contributed by atoms with Crippen LogP contribution in [-0.2, 0) is 0 Å². The van der Waals surface area contributed by atoms with Gasteiger partial charge >= 0.3 is 0 Å². The molecular formula is C50H32N2O2. The molecule has 4 heteroatoms. The van der Waals surface area contributed by atoms with Crippen LogP contribution in [0.15, 0.2) is 203 Å². The molecule has 2 heterocycles. The average molecular weight is 693 g/mol. The molecule has 0 aliphatic heterocycles. The lowest BCUT2D eigenvalue weighted by molar-refractivity contribution is 0.656. The highest BCUT2D eigenvalue weighted by molar-refractivity contribution is 6.28. The summed E-state index contributed by atoms with van der Waals surface area (Å²) in [4.78, 5) is 4.62. The maximum Gasteiger partial charge on any atom is 0.139 e. The van der Waals surface area contributed by atoms with Crippen molar-refractivity contribution in [3.05, 3.63) is 194 Å². The summed E-state index contributed by atoms with van der Waals surface area (Å²) in [5.41, 5.74) is 9.70. The van der Waals surface area contributed by atoms with Crippen LogP contribution < -0.4 is 9.80 Å². The summed E-state index contributed by atoms with van der Waals surface area (Å²) < 4.78 is 13.6. The maximum atomic E-state index is 6.80. The topological polar surface area (TPSA) is 32.8 Å². The summed E-state index contributed by atoms with van der Waals surface area (Å²) in [5.74, 6) is 0. The minimum Gasteiger partial charge on any atom is -0.456 e. The Morgan fingerprint density at radius 2 is 0.574 bits per heavy atom. The highest BCUT2D eigenvalue weighted by Gasteiger charge is 2.23. The molecule has 0 bridgehead atoms. The minimum absolute atomic E-state index is 0.796. The van der Waals surface area contributed by atoms with Gasteiger partial charge in [0.15, 0.2) is 0 Å². The maximum absolute atomic E-state index is 6.80. The van der Waals surface area contributed by atoms with Crippen LogP contribution in [0.4, 0.5) is 34.1 Å². The fourth-order valence-electron chi connectivity index (χ4n) is 8.27. The molecule has 0 N–H and O–H groups in total. The van der Waals surface area contributed by atoms with E-state index >= 15 is 0 Å². The van der Waals surface area contributed by atoms with Crippen LogP contribution in [0.2, 0.25) is 0 Å². The largest absolute Gasteiger partial charge is 0.456 e. The number of anilines is 6. The van der Waals surface area contributed by atoms with Crippen molar-refractivity contribution in [1.82, 2.24) is 0 Å². The Morgan fingerprint density at radius 1 is 0.259 bits per heavy atom.